The van der Waals surface area contributed by atoms with Gasteiger partial charge < -0.3 is 14.1 Å². The van der Waals surface area contributed by atoms with Crippen molar-refractivity contribution in [1.29, 1.82) is 0 Å². The number of aromatic nitrogens is 3. The molecule has 0 unspecified atom stereocenters. The quantitative estimate of drug-likeness (QED) is 0.408. The Morgan fingerprint density at radius 3 is 2.64 bits per heavy atom. The molecular weight excluding hydrogens is 416 g/mol. The Morgan fingerprint density at radius 1 is 1.15 bits per heavy atom. The standard InChI is InChI=1S/C26H28N4O3/c1-18(2)30-25-22(16-27-30)21(15-23(28-25)24-9-6-14-32-24)26(31)29-12-10-19(11-13-29)17-33-20-7-4-3-5-8-20/h3-9,14-16,18-19H,10-13,17H2,1-2H3. The van der Waals surface area contributed by atoms with Crippen LogP contribution < -0.4 is 4.74 Å². The maximum absolute atomic E-state index is 13.6. The predicted molar refractivity (Wildman–Crippen MR) is 126 cm³/mol. The molecule has 1 saturated heterocycles. The molecule has 7 heteroatoms. The van der Waals surface area contributed by atoms with E-state index in [0.29, 0.717) is 48.3 Å². The highest BCUT2D eigenvalue weighted by atomic mass is 16.5. The fraction of sp³-hybridized carbons (Fsp3) is 0.346. The fourth-order valence-corrected chi connectivity index (χ4v) is 4.33. The van der Waals surface area contributed by atoms with E-state index in [1.54, 1.807) is 12.5 Å². The van der Waals surface area contributed by atoms with Gasteiger partial charge in [-0.3, -0.25) is 4.79 Å². The molecule has 1 aromatic carbocycles. The van der Waals surface area contributed by atoms with E-state index in [4.69, 9.17) is 14.1 Å². The molecule has 0 saturated carbocycles. The molecule has 170 valence electrons. The van der Waals surface area contributed by atoms with Gasteiger partial charge in [-0.05, 0) is 62.9 Å². The second-order valence-corrected chi connectivity index (χ2v) is 8.81. The Balaban J connectivity index is 1.35. The number of nitrogens with zero attached hydrogens (tertiary/aromatic N) is 4. The van der Waals surface area contributed by atoms with Crippen LogP contribution in [0.15, 0.2) is 65.4 Å². The summed E-state index contributed by atoms with van der Waals surface area (Å²) in [5, 5.41) is 5.28. The van der Waals surface area contributed by atoms with Crippen LogP contribution in [0.2, 0.25) is 0 Å². The summed E-state index contributed by atoms with van der Waals surface area (Å²) in [6, 6.07) is 15.5. The Kier molecular flexibility index (Phi) is 5.86. The Morgan fingerprint density at radius 2 is 1.94 bits per heavy atom. The van der Waals surface area contributed by atoms with E-state index in [-0.39, 0.29) is 11.9 Å². The van der Waals surface area contributed by atoms with Gasteiger partial charge in [-0.2, -0.15) is 5.10 Å². The van der Waals surface area contributed by atoms with E-state index in [1.807, 2.05) is 58.1 Å². The normalized spacial score (nSPS) is 14.8. The summed E-state index contributed by atoms with van der Waals surface area (Å²) in [4.78, 5) is 20.3. The van der Waals surface area contributed by atoms with Crippen LogP contribution in [0, 0.1) is 5.92 Å². The highest BCUT2D eigenvalue weighted by Gasteiger charge is 2.27. The summed E-state index contributed by atoms with van der Waals surface area (Å²) >= 11 is 0. The lowest BCUT2D eigenvalue weighted by Gasteiger charge is -2.32. The second-order valence-electron chi connectivity index (χ2n) is 8.81. The topological polar surface area (TPSA) is 73.4 Å². The SMILES string of the molecule is CC(C)n1ncc2c(C(=O)N3CCC(COc4ccccc4)CC3)cc(-c3ccco3)nc21. The first-order valence-corrected chi connectivity index (χ1v) is 11.5. The molecule has 33 heavy (non-hydrogen) atoms. The number of para-hydroxylation sites is 1. The van der Waals surface area contributed by atoms with Gasteiger partial charge in [0.15, 0.2) is 11.4 Å². The summed E-state index contributed by atoms with van der Waals surface area (Å²) in [6.07, 6.45) is 5.21. The molecule has 0 bridgehead atoms. The predicted octanol–water partition coefficient (Wildman–Crippen LogP) is 5.20. The Hall–Kier alpha value is -3.61. The monoisotopic (exact) mass is 444 g/mol. The van der Waals surface area contributed by atoms with Gasteiger partial charge in [0.25, 0.3) is 5.91 Å². The lowest BCUT2D eigenvalue weighted by atomic mass is 9.97. The van der Waals surface area contributed by atoms with Crippen LogP contribution in [0.3, 0.4) is 0 Å². The maximum atomic E-state index is 13.6. The number of ether oxygens (including phenoxy) is 1. The molecule has 5 rings (SSSR count). The van der Waals surface area contributed by atoms with E-state index in [1.165, 1.54) is 0 Å². The molecule has 1 fully saturated rings. The van der Waals surface area contributed by atoms with Crippen LogP contribution in [0.25, 0.3) is 22.5 Å². The number of carbonyl (C=O) groups excluding carboxylic acids is 1. The first-order chi connectivity index (χ1) is 16.1. The highest BCUT2D eigenvalue weighted by Crippen LogP contribution is 2.29. The van der Waals surface area contributed by atoms with Crippen molar-refractivity contribution in [3.8, 4) is 17.2 Å². The van der Waals surface area contributed by atoms with Gasteiger partial charge in [0.1, 0.15) is 11.4 Å². The number of rotatable bonds is 6. The number of hydrogen-bond donors (Lipinski definition) is 0. The molecule has 0 atom stereocenters. The minimum Gasteiger partial charge on any atom is -0.493 e. The first kappa shape index (κ1) is 21.2. The molecule has 7 nitrogen and oxygen atoms in total. The zero-order chi connectivity index (χ0) is 22.8. The van der Waals surface area contributed by atoms with E-state index in [0.717, 1.165) is 24.0 Å². The molecule has 3 aromatic heterocycles. The van der Waals surface area contributed by atoms with Crippen LogP contribution >= 0.6 is 0 Å². The van der Waals surface area contributed by atoms with Crippen LogP contribution in [0.5, 0.6) is 5.75 Å². The molecule has 0 N–H and O–H groups in total. The third-order valence-electron chi connectivity index (χ3n) is 6.19. The number of fused-ring (bicyclic) bond motifs is 1. The summed E-state index contributed by atoms with van der Waals surface area (Å²) in [7, 11) is 0. The molecule has 0 radical (unpaired) electrons. The van der Waals surface area contributed by atoms with Gasteiger partial charge in [-0.25, -0.2) is 9.67 Å². The van der Waals surface area contributed by atoms with Gasteiger partial charge in [-0.15, -0.1) is 0 Å². The third kappa shape index (κ3) is 4.35. The van der Waals surface area contributed by atoms with Gasteiger partial charge in [0, 0.05) is 19.1 Å². The first-order valence-electron chi connectivity index (χ1n) is 11.5. The minimum absolute atomic E-state index is 0.0148. The van der Waals surface area contributed by atoms with E-state index >= 15 is 0 Å². The summed E-state index contributed by atoms with van der Waals surface area (Å²) < 4.78 is 13.4. The van der Waals surface area contributed by atoms with Crippen molar-refractivity contribution in [3.63, 3.8) is 0 Å². The van der Waals surface area contributed by atoms with Crippen molar-refractivity contribution in [1.82, 2.24) is 19.7 Å². The smallest absolute Gasteiger partial charge is 0.254 e. The van der Waals surface area contributed by atoms with Gasteiger partial charge in [-0.1, -0.05) is 18.2 Å². The zero-order valence-corrected chi connectivity index (χ0v) is 19.0. The van der Waals surface area contributed by atoms with Gasteiger partial charge in [0.2, 0.25) is 0 Å². The molecule has 1 amide bonds. The van der Waals surface area contributed by atoms with Crippen molar-refractivity contribution in [2.24, 2.45) is 5.92 Å². The molecular formula is C26H28N4O3. The molecule has 1 aliphatic heterocycles. The van der Waals surface area contributed by atoms with E-state index < -0.39 is 0 Å². The minimum atomic E-state index is 0.0148. The Bertz CT molecular complexity index is 1220. The van der Waals surface area contributed by atoms with E-state index in [2.05, 4.69) is 18.9 Å². The van der Waals surface area contributed by atoms with Crippen molar-refractivity contribution < 1.29 is 13.9 Å². The number of likely N-dealkylation sites (tertiary alicyclic amines) is 1. The van der Waals surface area contributed by atoms with E-state index in [9.17, 15) is 4.79 Å². The van der Waals surface area contributed by atoms with Crippen molar-refractivity contribution >= 4 is 16.9 Å². The second kappa shape index (κ2) is 9.10. The average Bonchev–Trinajstić information content (AvgIpc) is 3.53. The van der Waals surface area contributed by atoms with Crippen LogP contribution in [0.1, 0.15) is 43.1 Å². The lowest BCUT2D eigenvalue weighted by Crippen LogP contribution is -2.39. The zero-order valence-electron chi connectivity index (χ0n) is 19.0. The number of benzene rings is 1. The number of amides is 1. The molecule has 0 spiro atoms. The van der Waals surface area contributed by atoms with Gasteiger partial charge >= 0.3 is 0 Å². The largest absolute Gasteiger partial charge is 0.493 e. The van der Waals surface area contributed by atoms with Crippen LogP contribution in [-0.2, 0) is 0 Å². The summed E-state index contributed by atoms with van der Waals surface area (Å²) in [5.41, 5.74) is 1.97. The number of hydrogen-bond acceptors (Lipinski definition) is 5. The average molecular weight is 445 g/mol. The van der Waals surface area contributed by atoms with Crippen LogP contribution in [0.4, 0.5) is 0 Å². The summed E-state index contributed by atoms with van der Waals surface area (Å²) in [5.74, 6) is 1.98. The van der Waals surface area contributed by atoms with Crippen LogP contribution in [-0.4, -0.2) is 45.3 Å². The maximum Gasteiger partial charge on any atom is 0.254 e. The van der Waals surface area contributed by atoms with Crippen molar-refractivity contribution in [2.45, 2.75) is 32.7 Å². The molecule has 1 aliphatic rings. The lowest BCUT2D eigenvalue weighted by molar-refractivity contribution is 0.0663. The summed E-state index contributed by atoms with van der Waals surface area (Å²) in [6.45, 7) is 6.20. The Labute approximate surface area is 193 Å². The van der Waals surface area contributed by atoms with Gasteiger partial charge in [0.05, 0.1) is 30.0 Å². The molecule has 4 aromatic rings. The molecule has 0 aliphatic carbocycles. The fourth-order valence-electron chi connectivity index (χ4n) is 4.33. The number of piperidine rings is 1. The number of pyridine rings is 1. The highest BCUT2D eigenvalue weighted by molar-refractivity contribution is 6.06. The molecule has 4 heterocycles. The number of furan rings is 1. The number of carbonyl (C=O) groups is 1. The van der Waals surface area contributed by atoms with Crippen molar-refractivity contribution in [3.05, 3.63) is 66.6 Å². The van der Waals surface area contributed by atoms with Crippen molar-refractivity contribution in [2.75, 3.05) is 19.7 Å². The third-order valence-corrected chi connectivity index (χ3v) is 6.19.